The molecule has 4 rings (SSSR count). The number of halogens is 1. The summed E-state index contributed by atoms with van der Waals surface area (Å²) >= 11 is 0. The third kappa shape index (κ3) is 6.97. The lowest BCUT2D eigenvalue weighted by Crippen LogP contribution is -2.34. The molecule has 3 amide bonds. The second-order valence-corrected chi connectivity index (χ2v) is 9.61. The van der Waals surface area contributed by atoms with Crippen LogP contribution in [0, 0.1) is 17.7 Å². The predicted octanol–water partition coefficient (Wildman–Crippen LogP) is 2.69. The summed E-state index contributed by atoms with van der Waals surface area (Å²) in [5.41, 5.74) is 1.87. The minimum atomic E-state index is -0.569. The van der Waals surface area contributed by atoms with Gasteiger partial charge in [0.1, 0.15) is 18.5 Å². The molecule has 0 saturated carbocycles. The number of anilines is 2. The van der Waals surface area contributed by atoms with Crippen molar-refractivity contribution in [2.45, 2.75) is 26.6 Å². The van der Waals surface area contributed by atoms with Crippen molar-refractivity contribution in [3.8, 4) is 0 Å². The Labute approximate surface area is 215 Å². The van der Waals surface area contributed by atoms with Crippen molar-refractivity contribution in [3.63, 3.8) is 0 Å². The minimum Gasteiger partial charge on any atom is -0.442 e. The van der Waals surface area contributed by atoms with E-state index in [0.29, 0.717) is 37.6 Å². The van der Waals surface area contributed by atoms with Gasteiger partial charge in [-0.15, -0.1) is 0 Å². The van der Waals surface area contributed by atoms with Crippen LogP contribution in [0.1, 0.15) is 19.4 Å². The van der Waals surface area contributed by atoms with Gasteiger partial charge in [-0.05, 0) is 35.6 Å². The third-order valence-corrected chi connectivity index (χ3v) is 6.71. The van der Waals surface area contributed by atoms with Crippen LogP contribution in [0.5, 0.6) is 0 Å². The van der Waals surface area contributed by atoms with E-state index in [9.17, 15) is 14.4 Å². The lowest BCUT2D eigenvalue weighted by Gasteiger charge is -2.21. The largest absolute Gasteiger partial charge is 0.442 e. The van der Waals surface area contributed by atoms with Crippen LogP contribution in [-0.4, -0.2) is 63.3 Å². The van der Waals surface area contributed by atoms with Crippen molar-refractivity contribution in [2.75, 3.05) is 49.1 Å². The van der Waals surface area contributed by atoms with E-state index in [0.717, 1.165) is 5.56 Å². The molecule has 0 aromatic heterocycles. The zero-order chi connectivity index (χ0) is 26.4. The Hall–Kier alpha value is -3.66. The van der Waals surface area contributed by atoms with Crippen molar-refractivity contribution in [1.82, 2.24) is 10.6 Å². The maximum Gasteiger partial charge on any atom is 0.414 e. The Morgan fingerprint density at radius 1 is 1.08 bits per heavy atom. The number of rotatable bonds is 10. The summed E-state index contributed by atoms with van der Waals surface area (Å²) in [6, 6.07) is 14.4. The van der Waals surface area contributed by atoms with Gasteiger partial charge in [0.25, 0.3) is 0 Å². The molecule has 2 heterocycles. The van der Waals surface area contributed by atoms with Crippen LogP contribution in [0.3, 0.4) is 0 Å². The Morgan fingerprint density at radius 2 is 1.86 bits per heavy atom. The summed E-state index contributed by atoms with van der Waals surface area (Å²) in [6.45, 7) is 6.03. The lowest BCUT2D eigenvalue weighted by molar-refractivity contribution is -0.126. The highest BCUT2D eigenvalue weighted by molar-refractivity contribution is 5.90. The highest BCUT2D eigenvalue weighted by Crippen LogP contribution is 2.32. The zero-order valence-electron chi connectivity index (χ0n) is 21.1. The molecule has 0 aliphatic carbocycles. The van der Waals surface area contributed by atoms with E-state index in [-0.39, 0.29) is 43.3 Å². The van der Waals surface area contributed by atoms with E-state index >= 15 is 4.39 Å². The van der Waals surface area contributed by atoms with Gasteiger partial charge < -0.3 is 25.0 Å². The first kappa shape index (κ1) is 26.4. The van der Waals surface area contributed by atoms with Crippen molar-refractivity contribution in [2.24, 2.45) is 11.8 Å². The summed E-state index contributed by atoms with van der Waals surface area (Å²) < 4.78 is 25.9. The molecular formula is C27H33FN4O5. The molecule has 2 saturated heterocycles. The number of ether oxygens (including phenoxy) is 2. The first-order valence-electron chi connectivity index (χ1n) is 12.5. The number of cyclic esters (lactones) is 1. The predicted molar refractivity (Wildman–Crippen MR) is 137 cm³/mol. The molecule has 0 unspecified atom stereocenters. The maximum atomic E-state index is 15.1. The van der Waals surface area contributed by atoms with Crippen LogP contribution in [-0.2, 0) is 25.7 Å². The topological polar surface area (TPSA) is 100 Å². The standard InChI is InChI=1S/C27H33FN4O5/c1-18-13-31(14-21(18)11-30-26(34)17-36-16-20-6-4-3-5-7-20)25-9-8-22(10-24(25)28)32-15-23(37-27(32)35)12-29-19(2)33/h3-10,18,21,23H,11-17H2,1-2H3,(H,29,33)(H,30,34)/t18-,21-,23-/m0/s1. The Balaban J connectivity index is 1.26. The lowest BCUT2D eigenvalue weighted by atomic mass is 9.98. The van der Waals surface area contributed by atoms with Crippen LogP contribution in [0.25, 0.3) is 0 Å². The molecule has 0 spiro atoms. The number of hydrogen-bond donors (Lipinski definition) is 2. The van der Waals surface area contributed by atoms with Gasteiger partial charge in [0, 0.05) is 26.6 Å². The van der Waals surface area contributed by atoms with Crippen molar-refractivity contribution < 1.29 is 28.2 Å². The van der Waals surface area contributed by atoms with Gasteiger partial charge in [-0.3, -0.25) is 14.5 Å². The number of nitrogens with zero attached hydrogens (tertiary/aromatic N) is 2. The van der Waals surface area contributed by atoms with Gasteiger partial charge in [0.15, 0.2) is 0 Å². The first-order valence-corrected chi connectivity index (χ1v) is 12.5. The number of carbonyl (C=O) groups is 3. The molecular weight excluding hydrogens is 479 g/mol. The number of amides is 3. The van der Waals surface area contributed by atoms with E-state index < -0.39 is 18.0 Å². The van der Waals surface area contributed by atoms with E-state index in [1.165, 1.54) is 17.9 Å². The summed E-state index contributed by atoms with van der Waals surface area (Å²) in [7, 11) is 0. The molecule has 0 radical (unpaired) electrons. The van der Waals surface area contributed by atoms with Gasteiger partial charge in [-0.1, -0.05) is 37.3 Å². The fourth-order valence-corrected chi connectivity index (χ4v) is 4.64. The zero-order valence-corrected chi connectivity index (χ0v) is 21.1. The van der Waals surface area contributed by atoms with Crippen LogP contribution in [0.4, 0.5) is 20.6 Å². The van der Waals surface area contributed by atoms with Gasteiger partial charge in [0.2, 0.25) is 11.8 Å². The minimum absolute atomic E-state index is 0.0135. The molecule has 10 heteroatoms. The Morgan fingerprint density at radius 3 is 2.59 bits per heavy atom. The van der Waals surface area contributed by atoms with E-state index in [1.54, 1.807) is 12.1 Å². The fourth-order valence-electron chi connectivity index (χ4n) is 4.64. The van der Waals surface area contributed by atoms with Gasteiger partial charge in [-0.25, -0.2) is 9.18 Å². The maximum absolute atomic E-state index is 15.1. The average molecular weight is 513 g/mol. The quantitative estimate of drug-likeness (QED) is 0.508. The summed E-state index contributed by atoms with van der Waals surface area (Å²) in [6.07, 6.45) is -1.06. The Kier molecular flexibility index (Phi) is 8.60. The summed E-state index contributed by atoms with van der Waals surface area (Å²) in [5.74, 6) is -0.389. The second kappa shape index (κ2) is 12.1. The van der Waals surface area contributed by atoms with E-state index in [1.807, 2.05) is 35.2 Å². The average Bonchev–Trinajstić information content (AvgIpc) is 3.43. The molecule has 3 atom stereocenters. The van der Waals surface area contributed by atoms with E-state index in [4.69, 9.17) is 9.47 Å². The summed E-state index contributed by atoms with van der Waals surface area (Å²) in [4.78, 5) is 38.9. The monoisotopic (exact) mass is 512 g/mol. The van der Waals surface area contributed by atoms with Crippen LogP contribution < -0.4 is 20.4 Å². The molecule has 37 heavy (non-hydrogen) atoms. The highest BCUT2D eigenvalue weighted by Gasteiger charge is 2.34. The molecule has 2 aromatic rings. The molecule has 198 valence electrons. The van der Waals surface area contributed by atoms with E-state index in [2.05, 4.69) is 17.6 Å². The van der Waals surface area contributed by atoms with Crippen LogP contribution in [0.15, 0.2) is 48.5 Å². The normalized spacial score (nSPS) is 21.2. The van der Waals surface area contributed by atoms with Crippen molar-refractivity contribution in [3.05, 3.63) is 59.9 Å². The fraction of sp³-hybridized carbons (Fsp3) is 0.444. The number of nitrogens with one attached hydrogen (secondary N) is 2. The Bertz CT molecular complexity index is 1120. The first-order chi connectivity index (χ1) is 17.8. The number of benzene rings is 2. The smallest absolute Gasteiger partial charge is 0.414 e. The second-order valence-electron chi connectivity index (χ2n) is 9.61. The van der Waals surface area contributed by atoms with Gasteiger partial charge in [0.05, 0.1) is 31.1 Å². The molecule has 9 nitrogen and oxygen atoms in total. The molecule has 2 fully saturated rings. The van der Waals surface area contributed by atoms with Crippen molar-refractivity contribution >= 4 is 29.3 Å². The number of carbonyl (C=O) groups excluding carboxylic acids is 3. The summed E-state index contributed by atoms with van der Waals surface area (Å²) in [5, 5.41) is 5.55. The van der Waals surface area contributed by atoms with Crippen molar-refractivity contribution in [1.29, 1.82) is 0 Å². The molecule has 2 aliphatic rings. The molecule has 2 aliphatic heterocycles. The third-order valence-electron chi connectivity index (χ3n) is 6.71. The van der Waals surface area contributed by atoms with Gasteiger partial charge in [-0.2, -0.15) is 0 Å². The van der Waals surface area contributed by atoms with Gasteiger partial charge >= 0.3 is 6.09 Å². The molecule has 2 aromatic carbocycles. The molecule has 2 N–H and O–H groups in total. The SMILES string of the molecule is CC(=O)NC[C@H]1CN(c2ccc(N3C[C@H](CNC(=O)COCc4ccccc4)[C@@H](C)C3)c(F)c2)C(=O)O1. The van der Waals surface area contributed by atoms with Crippen LogP contribution in [0.2, 0.25) is 0 Å². The highest BCUT2D eigenvalue weighted by atomic mass is 19.1. The number of hydrogen-bond acceptors (Lipinski definition) is 6. The molecule has 0 bridgehead atoms. The van der Waals surface area contributed by atoms with Crippen LogP contribution >= 0.6 is 0 Å².